The van der Waals surface area contributed by atoms with Gasteiger partial charge in [0.25, 0.3) is 10.0 Å². The molecule has 1 fully saturated rings. The Bertz CT molecular complexity index is 1490. The highest BCUT2D eigenvalue weighted by molar-refractivity contribution is 7.92. The summed E-state index contributed by atoms with van der Waals surface area (Å²) >= 11 is 6.46. The molecule has 0 saturated heterocycles. The maximum absolute atomic E-state index is 14.2. The van der Waals surface area contributed by atoms with Crippen molar-refractivity contribution in [3.05, 3.63) is 88.9 Å². The first-order valence-corrected chi connectivity index (χ1v) is 16.1. The zero-order valence-corrected chi connectivity index (χ0v) is 25.8. The minimum Gasteiger partial charge on any atom is -0.492 e. The average molecular weight is 612 g/mol. The van der Waals surface area contributed by atoms with E-state index in [0.29, 0.717) is 22.9 Å². The number of hydrogen-bond acceptors (Lipinski definition) is 5. The van der Waals surface area contributed by atoms with Crippen LogP contribution >= 0.6 is 11.6 Å². The van der Waals surface area contributed by atoms with Gasteiger partial charge < -0.3 is 15.0 Å². The summed E-state index contributed by atoms with van der Waals surface area (Å²) in [7, 11) is -4.21. The number of aryl methyl sites for hydroxylation is 1. The van der Waals surface area contributed by atoms with E-state index in [2.05, 4.69) is 5.32 Å². The summed E-state index contributed by atoms with van der Waals surface area (Å²) in [6.07, 6.45) is 3.89. The van der Waals surface area contributed by atoms with Crippen LogP contribution in [0, 0.1) is 6.92 Å². The molecule has 3 aromatic rings. The van der Waals surface area contributed by atoms with Gasteiger partial charge in [0, 0.05) is 17.6 Å². The standard InChI is InChI=1S/C32H38ClN3O5S/c1-4-41-30-16-10-9-15-29(30)36(42(39,40)27-19-17-23(2)18-20-27)22-31(37)35(21-25-11-5-8-14-28(25)33)24(3)32(38)34-26-12-6-7-13-26/h5,8-11,14-20,24,26H,4,6-7,12-13,21-22H2,1-3H3,(H,34,38). The lowest BCUT2D eigenvalue weighted by Crippen LogP contribution is -2.52. The Morgan fingerprint density at radius 2 is 1.64 bits per heavy atom. The monoisotopic (exact) mass is 611 g/mol. The first-order valence-electron chi connectivity index (χ1n) is 14.3. The van der Waals surface area contributed by atoms with E-state index >= 15 is 0 Å². The van der Waals surface area contributed by atoms with Crippen LogP contribution in [0.25, 0.3) is 0 Å². The van der Waals surface area contributed by atoms with Crippen LogP contribution in [0.2, 0.25) is 5.02 Å². The van der Waals surface area contributed by atoms with Gasteiger partial charge in [-0.05, 0) is 69.5 Å². The summed E-state index contributed by atoms with van der Waals surface area (Å²) in [6, 6.07) is 19.5. The van der Waals surface area contributed by atoms with Crippen molar-refractivity contribution in [3.8, 4) is 5.75 Å². The first kappa shape index (κ1) is 31.4. The molecule has 1 unspecified atom stereocenters. The van der Waals surface area contributed by atoms with Crippen molar-refractivity contribution >= 4 is 39.1 Å². The number of carbonyl (C=O) groups is 2. The van der Waals surface area contributed by atoms with Crippen LogP contribution in [0.1, 0.15) is 50.7 Å². The molecule has 0 bridgehead atoms. The fraction of sp³-hybridized carbons (Fsp3) is 0.375. The number of carbonyl (C=O) groups excluding carboxylic acids is 2. The van der Waals surface area contributed by atoms with E-state index in [0.717, 1.165) is 35.6 Å². The second-order valence-corrected chi connectivity index (χ2v) is 12.8. The molecule has 42 heavy (non-hydrogen) atoms. The molecule has 1 N–H and O–H groups in total. The van der Waals surface area contributed by atoms with Crippen LogP contribution in [-0.4, -0.2) is 50.4 Å². The normalized spacial score (nSPS) is 14.3. The smallest absolute Gasteiger partial charge is 0.264 e. The van der Waals surface area contributed by atoms with Crippen molar-refractivity contribution in [2.45, 2.75) is 70.0 Å². The van der Waals surface area contributed by atoms with Gasteiger partial charge in [-0.3, -0.25) is 13.9 Å². The largest absolute Gasteiger partial charge is 0.492 e. The Morgan fingerprint density at radius 1 is 1.00 bits per heavy atom. The summed E-state index contributed by atoms with van der Waals surface area (Å²) in [5.74, 6) is -0.510. The fourth-order valence-corrected chi connectivity index (χ4v) is 6.70. The lowest BCUT2D eigenvalue weighted by Gasteiger charge is -2.33. The second kappa shape index (κ2) is 14.1. The van der Waals surface area contributed by atoms with Gasteiger partial charge in [0.15, 0.2) is 0 Å². The van der Waals surface area contributed by atoms with Crippen LogP contribution in [0.3, 0.4) is 0 Å². The van der Waals surface area contributed by atoms with Gasteiger partial charge in [0.05, 0.1) is 17.2 Å². The number of sulfonamides is 1. The van der Waals surface area contributed by atoms with Gasteiger partial charge in [-0.25, -0.2) is 8.42 Å². The number of nitrogens with zero attached hydrogens (tertiary/aromatic N) is 2. The van der Waals surface area contributed by atoms with Crippen molar-refractivity contribution in [1.82, 2.24) is 10.2 Å². The van der Waals surface area contributed by atoms with Crippen LogP contribution in [-0.2, 0) is 26.2 Å². The van der Waals surface area contributed by atoms with E-state index in [1.807, 2.05) is 6.92 Å². The summed E-state index contributed by atoms with van der Waals surface area (Å²) < 4.78 is 35.0. The Kier molecular flexibility index (Phi) is 10.5. The molecule has 224 valence electrons. The van der Waals surface area contributed by atoms with Crippen LogP contribution in [0.15, 0.2) is 77.7 Å². The molecule has 0 aromatic heterocycles. The predicted octanol–water partition coefficient (Wildman–Crippen LogP) is 5.72. The van der Waals surface area contributed by atoms with Gasteiger partial charge in [0.1, 0.15) is 18.3 Å². The molecule has 1 atom stereocenters. The molecule has 1 saturated carbocycles. The third-order valence-electron chi connectivity index (χ3n) is 7.49. The van der Waals surface area contributed by atoms with Gasteiger partial charge >= 0.3 is 0 Å². The minimum atomic E-state index is -4.21. The number of anilines is 1. The van der Waals surface area contributed by atoms with E-state index in [1.54, 1.807) is 74.5 Å². The van der Waals surface area contributed by atoms with Gasteiger partial charge in [0.2, 0.25) is 11.8 Å². The quantitative estimate of drug-likeness (QED) is 0.283. The van der Waals surface area contributed by atoms with Crippen molar-refractivity contribution in [2.24, 2.45) is 0 Å². The lowest BCUT2D eigenvalue weighted by atomic mass is 10.1. The van der Waals surface area contributed by atoms with E-state index < -0.39 is 28.5 Å². The van der Waals surface area contributed by atoms with Crippen molar-refractivity contribution in [1.29, 1.82) is 0 Å². The SMILES string of the molecule is CCOc1ccccc1N(CC(=O)N(Cc1ccccc1Cl)C(C)C(=O)NC1CCCC1)S(=O)(=O)c1ccc(C)cc1. The Balaban J connectivity index is 1.73. The number of nitrogens with one attached hydrogen (secondary N) is 1. The second-order valence-electron chi connectivity index (χ2n) is 10.5. The molecule has 1 aliphatic rings. The number of para-hydroxylation sites is 2. The first-order chi connectivity index (χ1) is 20.1. The number of halogens is 1. The number of hydrogen-bond donors (Lipinski definition) is 1. The topological polar surface area (TPSA) is 96.0 Å². The zero-order chi connectivity index (χ0) is 30.3. The van der Waals surface area contributed by atoms with Gasteiger partial charge in [-0.1, -0.05) is 72.5 Å². The molecule has 1 aliphatic carbocycles. The maximum Gasteiger partial charge on any atom is 0.264 e. The Morgan fingerprint density at radius 3 is 2.31 bits per heavy atom. The summed E-state index contributed by atoms with van der Waals surface area (Å²) in [6.45, 7) is 5.12. The van der Waals surface area contributed by atoms with Crippen molar-refractivity contribution in [2.75, 3.05) is 17.5 Å². The fourth-order valence-electron chi connectivity index (χ4n) is 5.08. The van der Waals surface area contributed by atoms with E-state index in [4.69, 9.17) is 16.3 Å². The molecule has 10 heteroatoms. The highest BCUT2D eigenvalue weighted by Crippen LogP contribution is 2.33. The number of rotatable bonds is 12. The molecular weight excluding hydrogens is 574 g/mol. The molecule has 8 nitrogen and oxygen atoms in total. The average Bonchev–Trinajstić information content (AvgIpc) is 3.49. The Hall–Kier alpha value is -3.56. The van der Waals surface area contributed by atoms with Crippen LogP contribution < -0.4 is 14.4 Å². The highest BCUT2D eigenvalue weighted by atomic mass is 35.5. The molecule has 0 spiro atoms. The molecule has 2 amide bonds. The van der Waals surface area contributed by atoms with Crippen LogP contribution in [0.4, 0.5) is 5.69 Å². The number of ether oxygens (including phenoxy) is 1. The third kappa shape index (κ3) is 7.44. The number of benzene rings is 3. The van der Waals surface area contributed by atoms with Crippen molar-refractivity contribution < 1.29 is 22.7 Å². The molecule has 0 aliphatic heterocycles. The summed E-state index contributed by atoms with van der Waals surface area (Å²) in [4.78, 5) is 29.0. The van der Waals surface area contributed by atoms with Gasteiger partial charge in [-0.2, -0.15) is 0 Å². The van der Waals surface area contributed by atoms with Crippen LogP contribution in [0.5, 0.6) is 5.75 Å². The molecular formula is C32H38ClN3O5S. The number of amides is 2. The predicted molar refractivity (Wildman–Crippen MR) is 165 cm³/mol. The highest BCUT2D eigenvalue weighted by Gasteiger charge is 2.34. The maximum atomic E-state index is 14.2. The zero-order valence-electron chi connectivity index (χ0n) is 24.3. The molecule has 0 radical (unpaired) electrons. The lowest BCUT2D eigenvalue weighted by molar-refractivity contribution is -0.139. The van der Waals surface area contributed by atoms with E-state index in [1.165, 1.54) is 17.0 Å². The molecule has 3 aromatic carbocycles. The van der Waals surface area contributed by atoms with E-state index in [9.17, 15) is 18.0 Å². The third-order valence-corrected chi connectivity index (χ3v) is 9.63. The summed E-state index contributed by atoms with van der Waals surface area (Å²) in [5.41, 5.74) is 1.78. The van der Waals surface area contributed by atoms with E-state index in [-0.39, 0.29) is 29.1 Å². The minimum absolute atomic E-state index is 0.0310. The molecule has 0 heterocycles. The van der Waals surface area contributed by atoms with Gasteiger partial charge in [-0.15, -0.1) is 0 Å². The molecule has 4 rings (SSSR count). The van der Waals surface area contributed by atoms with Crippen molar-refractivity contribution in [3.63, 3.8) is 0 Å². The summed E-state index contributed by atoms with van der Waals surface area (Å²) in [5, 5.41) is 3.52. The Labute approximate surface area is 253 Å².